The molecule has 4 heterocycles. The van der Waals surface area contributed by atoms with Crippen LogP contribution >= 0.6 is 0 Å². The number of fused-ring (bicyclic) bond motifs is 1. The van der Waals surface area contributed by atoms with Gasteiger partial charge in [-0.15, -0.1) is 0 Å². The van der Waals surface area contributed by atoms with Crippen molar-refractivity contribution in [3.63, 3.8) is 0 Å². The summed E-state index contributed by atoms with van der Waals surface area (Å²) in [5.74, 6) is -3.51. The van der Waals surface area contributed by atoms with Crippen molar-refractivity contribution in [2.45, 2.75) is 25.5 Å². The first-order valence-electron chi connectivity index (χ1n) is 14.1. The number of carbonyl (C=O) groups excluding carboxylic acids is 2. The molecule has 2 aromatic heterocycles. The molecule has 0 saturated carbocycles. The number of piperazine rings is 1. The van der Waals surface area contributed by atoms with Gasteiger partial charge in [-0.3, -0.25) is 14.0 Å². The van der Waals surface area contributed by atoms with Crippen molar-refractivity contribution in [3.05, 3.63) is 71.4 Å². The molecule has 14 heteroatoms. The summed E-state index contributed by atoms with van der Waals surface area (Å²) in [6, 6.07) is 5.07. The smallest absolute Gasteiger partial charge is 0.257 e. The van der Waals surface area contributed by atoms with E-state index in [-0.39, 0.29) is 53.0 Å². The van der Waals surface area contributed by atoms with E-state index in [2.05, 4.69) is 20.6 Å². The Hall–Kier alpha value is -4.69. The van der Waals surface area contributed by atoms with Gasteiger partial charge in [0, 0.05) is 56.4 Å². The molecule has 11 nitrogen and oxygen atoms in total. The number of anilines is 2. The van der Waals surface area contributed by atoms with Gasteiger partial charge in [0.15, 0.2) is 23.0 Å². The molecule has 2 aliphatic heterocycles. The monoisotopic (exact) mass is 609 g/mol. The highest BCUT2D eigenvalue weighted by Crippen LogP contribution is 2.32. The fraction of sp³-hybridized carbons (Fsp3) is 0.333. The van der Waals surface area contributed by atoms with E-state index in [4.69, 9.17) is 4.74 Å². The Morgan fingerprint density at radius 2 is 1.82 bits per heavy atom. The molecule has 230 valence electrons. The van der Waals surface area contributed by atoms with Crippen LogP contribution in [-0.4, -0.2) is 93.1 Å². The third-order valence-electron chi connectivity index (χ3n) is 8.02. The third kappa shape index (κ3) is 5.30. The van der Waals surface area contributed by atoms with Crippen LogP contribution in [0.25, 0.3) is 16.9 Å². The second kappa shape index (κ2) is 11.8. The number of aryl methyl sites for hydroxylation is 1. The van der Waals surface area contributed by atoms with Crippen LogP contribution in [0.3, 0.4) is 0 Å². The lowest BCUT2D eigenvalue weighted by atomic mass is 10.0. The number of β-amino-alcohol motifs (C(OH)–C–C–N with tert-alkyl or cyclic N) is 1. The number of aliphatic hydroxyl groups is 1. The summed E-state index contributed by atoms with van der Waals surface area (Å²) in [5, 5.41) is 15.7. The zero-order valence-corrected chi connectivity index (χ0v) is 24.0. The summed E-state index contributed by atoms with van der Waals surface area (Å²) in [6.07, 6.45) is 4.16. The van der Waals surface area contributed by atoms with Crippen LogP contribution in [0.2, 0.25) is 0 Å². The lowest BCUT2D eigenvalue weighted by Gasteiger charge is -2.36. The molecule has 44 heavy (non-hydrogen) atoms. The summed E-state index contributed by atoms with van der Waals surface area (Å²) in [7, 11) is 1.25. The number of hydrogen-bond acceptors (Lipinski definition) is 8. The summed E-state index contributed by atoms with van der Waals surface area (Å²) in [6.45, 7) is 3.14. The van der Waals surface area contributed by atoms with E-state index in [1.807, 2.05) is 0 Å². The van der Waals surface area contributed by atoms with E-state index in [0.29, 0.717) is 37.3 Å². The van der Waals surface area contributed by atoms with E-state index in [9.17, 15) is 23.5 Å². The molecule has 2 aromatic carbocycles. The van der Waals surface area contributed by atoms with Crippen molar-refractivity contribution in [2.24, 2.45) is 0 Å². The van der Waals surface area contributed by atoms with Gasteiger partial charge in [0.05, 0.1) is 36.7 Å². The van der Waals surface area contributed by atoms with Crippen molar-refractivity contribution in [1.82, 2.24) is 29.5 Å². The Morgan fingerprint density at radius 3 is 2.50 bits per heavy atom. The van der Waals surface area contributed by atoms with Crippen molar-refractivity contribution in [1.29, 1.82) is 0 Å². The fourth-order valence-electron chi connectivity index (χ4n) is 5.73. The second-order valence-electron chi connectivity index (χ2n) is 10.8. The minimum Gasteiger partial charge on any atom is -0.494 e. The van der Waals surface area contributed by atoms with Crippen LogP contribution in [0.5, 0.6) is 5.75 Å². The van der Waals surface area contributed by atoms with Gasteiger partial charge in [0.1, 0.15) is 5.82 Å². The van der Waals surface area contributed by atoms with Gasteiger partial charge in [-0.05, 0) is 43.2 Å². The summed E-state index contributed by atoms with van der Waals surface area (Å²) in [5.41, 5.74) is 1.16. The molecule has 0 unspecified atom stereocenters. The Balaban J connectivity index is 1.18. The molecule has 0 bridgehead atoms. The van der Waals surface area contributed by atoms with Gasteiger partial charge in [0.25, 0.3) is 5.91 Å². The first-order chi connectivity index (χ1) is 21.2. The number of carbonyl (C=O) groups is 2. The van der Waals surface area contributed by atoms with Gasteiger partial charge in [-0.25, -0.2) is 18.7 Å². The molecule has 2 fully saturated rings. The standard InChI is InChI=1S/C30H30F3N7O4/c1-16-11-17(12-20(31)24(16)30(43)39-9-7-38(8-10-39)29(42)21-13-18(41)14-35-21)37-27-28-36-15-22(40(28)6-5-34-27)19-3-4-23(44-2)26(33)25(19)32/h3-6,11-12,15,18,21,35,41H,7-10,13-14H2,1-2H3,(H,34,37)/t18-,21+/m1/s1. The molecule has 0 spiro atoms. The molecular weight excluding hydrogens is 579 g/mol. The van der Waals surface area contributed by atoms with Crippen molar-refractivity contribution in [2.75, 3.05) is 45.2 Å². The van der Waals surface area contributed by atoms with Crippen LogP contribution in [-0.2, 0) is 4.79 Å². The van der Waals surface area contributed by atoms with E-state index in [1.54, 1.807) is 24.1 Å². The molecule has 0 radical (unpaired) electrons. The van der Waals surface area contributed by atoms with E-state index < -0.39 is 35.5 Å². The molecule has 2 atom stereocenters. The Kier molecular flexibility index (Phi) is 7.86. The van der Waals surface area contributed by atoms with Gasteiger partial charge < -0.3 is 30.3 Å². The summed E-state index contributed by atoms with van der Waals surface area (Å²) >= 11 is 0. The number of imidazole rings is 1. The van der Waals surface area contributed by atoms with Gasteiger partial charge in [0.2, 0.25) is 11.7 Å². The molecule has 6 rings (SSSR count). The Morgan fingerprint density at radius 1 is 1.07 bits per heavy atom. The van der Waals surface area contributed by atoms with Crippen molar-refractivity contribution in [3.8, 4) is 17.0 Å². The number of benzene rings is 2. The number of ether oxygens (including phenoxy) is 1. The number of methoxy groups -OCH3 is 1. The minimum absolute atomic E-state index is 0.0306. The first-order valence-corrected chi connectivity index (χ1v) is 14.1. The largest absolute Gasteiger partial charge is 0.494 e. The lowest BCUT2D eigenvalue weighted by molar-refractivity contribution is -0.134. The molecule has 4 aromatic rings. The Labute approximate surface area is 250 Å². The average Bonchev–Trinajstić information content (AvgIpc) is 3.65. The Bertz CT molecular complexity index is 1730. The predicted molar refractivity (Wildman–Crippen MR) is 154 cm³/mol. The highest BCUT2D eigenvalue weighted by Gasteiger charge is 2.34. The highest BCUT2D eigenvalue weighted by molar-refractivity contribution is 5.97. The quantitative estimate of drug-likeness (QED) is 0.305. The lowest BCUT2D eigenvalue weighted by Crippen LogP contribution is -2.54. The zero-order valence-electron chi connectivity index (χ0n) is 24.0. The first kappa shape index (κ1) is 29.4. The molecule has 2 saturated heterocycles. The van der Waals surface area contributed by atoms with Crippen LogP contribution < -0.4 is 15.4 Å². The maximum atomic E-state index is 15.4. The van der Waals surface area contributed by atoms with Gasteiger partial charge in [-0.2, -0.15) is 4.39 Å². The number of hydrogen-bond donors (Lipinski definition) is 3. The predicted octanol–water partition coefficient (Wildman–Crippen LogP) is 2.88. The number of aromatic nitrogens is 3. The number of halogens is 3. The molecular formula is C30H30F3N7O4. The number of aliphatic hydroxyl groups excluding tert-OH is 1. The van der Waals surface area contributed by atoms with Crippen LogP contribution in [0.15, 0.2) is 42.9 Å². The fourth-order valence-corrected chi connectivity index (χ4v) is 5.73. The average molecular weight is 610 g/mol. The highest BCUT2D eigenvalue weighted by atomic mass is 19.2. The van der Waals surface area contributed by atoms with Crippen molar-refractivity contribution < 1.29 is 32.6 Å². The zero-order chi connectivity index (χ0) is 31.1. The maximum absolute atomic E-state index is 15.4. The normalized spacial score (nSPS) is 18.6. The minimum atomic E-state index is -1.12. The summed E-state index contributed by atoms with van der Waals surface area (Å²) < 4.78 is 51.0. The maximum Gasteiger partial charge on any atom is 0.257 e. The molecule has 0 aliphatic carbocycles. The number of amides is 2. The molecule has 3 N–H and O–H groups in total. The SMILES string of the molecule is COc1ccc(-c2cnc3c(Nc4cc(C)c(C(=O)N5CCN(C(=O)[C@@H]6C[C@@H](O)CN6)CC5)c(F)c4)nccn23)c(F)c1F. The van der Waals surface area contributed by atoms with E-state index >= 15 is 4.39 Å². The van der Waals surface area contributed by atoms with E-state index in [0.717, 1.165) is 0 Å². The topological polar surface area (TPSA) is 124 Å². The second-order valence-corrected chi connectivity index (χ2v) is 10.8. The van der Waals surface area contributed by atoms with Crippen LogP contribution in [0.1, 0.15) is 22.3 Å². The molecule has 2 aliphatic rings. The van der Waals surface area contributed by atoms with Gasteiger partial charge >= 0.3 is 0 Å². The van der Waals surface area contributed by atoms with Gasteiger partial charge in [-0.1, -0.05) is 0 Å². The van der Waals surface area contributed by atoms with Crippen LogP contribution in [0.4, 0.5) is 24.7 Å². The van der Waals surface area contributed by atoms with Crippen molar-refractivity contribution >= 4 is 29.0 Å². The van der Waals surface area contributed by atoms with Crippen LogP contribution in [0, 0.1) is 24.4 Å². The molecule has 2 amide bonds. The third-order valence-corrected chi connectivity index (χ3v) is 8.02. The number of nitrogens with zero attached hydrogens (tertiary/aromatic N) is 5. The summed E-state index contributed by atoms with van der Waals surface area (Å²) in [4.78, 5) is 37.8. The number of rotatable bonds is 6. The van der Waals surface area contributed by atoms with E-state index in [1.165, 1.54) is 47.0 Å². The number of nitrogens with one attached hydrogen (secondary N) is 2.